The third-order valence-electron chi connectivity index (χ3n) is 3.96. The molecule has 0 saturated carbocycles. The van der Waals surface area contributed by atoms with Crippen LogP contribution in [0.2, 0.25) is 0 Å². The summed E-state index contributed by atoms with van der Waals surface area (Å²) in [7, 11) is 0. The first-order chi connectivity index (χ1) is 10.3. The molecule has 0 atom stereocenters. The molecule has 0 aliphatic carbocycles. The molecule has 2 N–H and O–H groups in total. The summed E-state index contributed by atoms with van der Waals surface area (Å²) in [5, 5.41) is 6.23. The Hall–Kier alpha value is -1.85. The molecule has 0 spiro atoms. The second-order valence-corrected chi connectivity index (χ2v) is 6.54. The summed E-state index contributed by atoms with van der Waals surface area (Å²) in [6.07, 6.45) is 0. The predicted molar refractivity (Wildman–Crippen MR) is 82.8 cm³/mol. The summed E-state index contributed by atoms with van der Waals surface area (Å²) in [6.45, 7) is 3.30. The van der Waals surface area contributed by atoms with E-state index in [0.717, 1.165) is 46.3 Å². The van der Waals surface area contributed by atoms with Gasteiger partial charge in [-0.05, 0) is 18.2 Å². The fraction of sp³-hybridized carbons (Fsp3) is 0.312. The van der Waals surface area contributed by atoms with Crippen LogP contribution in [-0.2, 0) is 6.61 Å². The number of rotatable bonds is 3. The molecule has 2 aliphatic heterocycles. The van der Waals surface area contributed by atoms with Crippen LogP contribution in [-0.4, -0.2) is 25.5 Å². The second kappa shape index (κ2) is 5.16. The smallest absolute Gasteiger partial charge is 0.261 e. The first-order valence-corrected chi connectivity index (χ1v) is 7.97. The number of hydrogen-bond donors (Lipinski definition) is 2. The third-order valence-corrected chi connectivity index (χ3v) is 5.17. The summed E-state index contributed by atoms with van der Waals surface area (Å²) in [5.74, 6) is 1.51. The maximum atomic E-state index is 12.3. The lowest BCUT2D eigenvalue weighted by atomic mass is 10.0. The molecule has 108 valence electrons. The Morgan fingerprint density at radius 1 is 1.38 bits per heavy atom. The van der Waals surface area contributed by atoms with Crippen molar-refractivity contribution in [2.45, 2.75) is 6.61 Å². The fourth-order valence-electron chi connectivity index (χ4n) is 2.63. The lowest BCUT2D eigenvalue weighted by Gasteiger charge is -2.26. The highest BCUT2D eigenvalue weighted by molar-refractivity contribution is 7.17. The summed E-state index contributed by atoms with van der Waals surface area (Å²) < 4.78 is 5.73. The predicted octanol–water partition coefficient (Wildman–Crippen LogP) is 2.26. The first kappa shape index (κ1) is 12.9. The average molecular weight is 300 g/mol. The highest BCUT2D eigenvalue weighted by Crippen LogP contribution is 2.42. The lowest BCUT2D eigenvalue weighted by Crippen LogP contribution is -2.48. The Balaban J connectivity index is 1.56. The monoisotopic (exact) mass is 300 g/mol. The van der Waals surface area contributed by atoms with E-state index in [9.17, 15) is 4.79 Å². The van der Waals surface area contributed by atoms with Crippen LogP contribution < -0.4 is 15.4 Å². The van der Waals surface area contributed by atoms with Gasteiger partial charge in [-0.3, -0.25) is 4.79 Å². The van der Waals surface area contributed by atoms with E-state index < -0.39 is 0 Å². The van der Waals surface area contributed by atoms with Crippen LogP contribution in [0.25, 0.3) is 10.4 Å². The molecule has 21 heavy (non-hydrogen) atoms. The number of para-hydroxylation sites is 1. The van der Waals surface area contributed by atoms with E-state index in [-0.39, 0.29) is 5.91 Å². The standard InChI is InChI=1S/C16H16N2O2S/c19-16(18-8-10-6-17-7-10)14-5-11-9-20-13-4-2-1-3-12(13)15(11)21-14/h1-5,10,17H,6-9H2,(H,18,19). The van der Waals surface area contributed by atoms with Gasteiger partial charge in [-0.2, -0.15) is 0 Å². The minimum atomic E-state index is 0.0266. The number of carbonyl (C=O) groups is 1. The zero-order chi connectivity index (χ0) is 14.2. The van der Waals surface area contributed by atoms with Crippen LogP contribution in [0.15, 0.2) is 30.3 Å². The van der Waals surface area contributed by atoms with Crippen LogP contribution in [0.4, 0.5) is 0 Å². The molecule has 5 heteroatoms. The topological polar surface area (TPSA) is 50.4 Å². The van der Waals surface area contributed by atoms with E-state index in [1.54, 1.807) is 11.3 Å². The zero-order valence-corrected chi connectivity index (χ0v) is 12.3. The van der Waals surface area contributed by atoms with Gasteiger partial charge in [-0.15, -0.1) is 11.3 Å². The Bertz CT molecular complexity index is 691. The normalized spacial score (nSPS) is 16.4. The van der Waals surface area contributed by atoms with Crippen molar-refractivity contribution in [3.8, 4) is 16.2 Å². The van der Waals surface area contributed by atoms with Gasteiger partial charge in [0.1, 0.15) is 12.4 Å². The van der Waals surface area contributed by atoms with Crippen molar-refractivity contribution in [3.05, 3.63) is 40.8 Å². The molecule has 1 aromatic carbocycles. The zero-order valence-electron chi connectivity index (χ0n) is 11.5. The van der Waals surface area contributed by atoms with Gasteiger partial charge < -0.3 is 15.4 Å². The van der Waals surface area contributed by atoms with Crippen molar-refractivity contribution in [1.29, 1.82) is 0 Å². The van der Waals surface area contributed by atoms with Crippen molar-refractivity contribution in [2.75, 3.05) is 19.6 Å². The van der Waals surface area contributed by atoms with Gasteiger partial charge in [0.15, 0.2) is 0 Å². The minimum Gasteiger partial charge on any atom is -0.488 e. The number of carbonyl (C=O) groups excluding carboxylic acids is 1. The number of amides is 1. The Kier molecular flexibility index (Phi) is 3.16. The van der Waals surface area contributed by atoms with Crippen LogP contribution in [0.5, 0.6) is 5.75 Å². The Labute approximate surface area is 127 Å². The third kappa shape index (κ3) is 2.32. The van der Waals surface area contributed by atoms with E-state index in [1.807, 2.05) is 30.3 Å². The van der Waals surface area contributed by atoms with Gasteiger partial charge in [-0.1, -0.05) is 12.1 Å². The molecule has 1 aromatic heterocycles. The maximum absolute atomic E-state index is 12.3. The molecule has 2 aliphatic rings. The Morgan fingerprint density at radius 3 is 3.05 bits per heavy atom. The van der Waals surface area contributed by atoms with Crippen molar-refractivity contribution < 1.29 is 9.53 Å². The van der Waals surface area contributed by atoms with E-state index in [4.69, 9.17) is 4.74 Å². The molecule has 0 radical (unpaired) electrons. The number of thiophene rings is 1. The number of ether oxygens (including phenoxy) is 1. The highest BCUT2D eigenvalue weighted by Gasteiger charge is 2.23. The van der Waals surface area contributed by atoms with E-state index >= 15 is 0 Å². The Morgan fingerprint density at radius 2 is 2.24 bits per heavy atom. The number of hydrogen-bond acceptors (Lipinski definition) is 4. The van der Waals surface area contributed by atoms with Gasteiger partial charge in [0.05, 0.1) is 4.88 Å². The van der Waals surface area contributed by atoms with Gasteiger partial charge in [0.25, 0.3) is 5.91 Å². The summed E-state index contributed by atoms with van der Waals surface area (Å²) in [4.78, 5) is 14.2. The molecular weight excluding hydrogens is 284 g/mol. The van der Waals surface area contributed by atoms with Gasteiger partial charge >= 0.3 is 0 Å². The molecule has 1 saturated heterocycles. The fourth-order valence-corrected chi connectivity index (χ4v) is 3.74. The van der Waals surface area contributed by atoms with E-state index in [1.165, 1.54) is 0 Å². The van der Waals surface area contributed by atoms with E-state index in [0.29, 0.717) is 12.5 Å². The number of benzene rings is 1. The second-order valence-electron chi connectivity index (χ2n) is 5.48. The van der Waals surface area contributed by atoms with Crippen LogP contribution in [0.3, 0.4) is 0 Å². The summed E-state index contributed by atoms with van der Waals surface area (Å²) in [5.41, 5.74) is 2.19. The van der Waals surface area contributed by atoms with Crippen LogP contribution in [0, 0.1) is 5.92 Å². The first-order valence-electron chi connectivity index (χ1n) is 7.15. The summed E-state index contributed by atoms with van der Waals surface area (Å²) >= 11 is 1.56. The molecular formula is C16H16N2O2S. The van der Waals surface area contributed by atoms with Gasteiger partial charge in [0, 0.05) is 41.6 Å². The largest absolute Gasteiger partial charge is 0.488 e. The number of nitrogens with one attached hydrogen (secondary N) is 2. The molecule has 0 unspecified atom stereocenters. The molecule has 2 aromatic rings. The lowest BCUT2D eigenvalue weighted by molar-refractivity contribution is 0.0946. The van der Waals surface area contributed by atoms with Crippen molar-refractivity contribution in [2.24, 2.45) is 5.92 Å². The van der Waals surface area contributed by atoms with Crippen molar-refractivity contribution in [1.82, 2.24) is 10.6 Å². The molecule has 1 fully saturated rings. The molecule has 1 amide bonds. The van der Waals surface area contributed by atoms with Gasteiger partial charge in [-0.25, -0.2) is 0 Å². The van der Waals surface area contributed by atoms with Crippen molar-refractivity contribution >= 4 is 17.2 Å². The molecule has 3 heterocycles. The van der Waals surface area contributed by atoms with Gasteiger partial charge in [0.2, 0.25) is 0 Å². The maximum Gasteiger partial charge on any atom is 0.261 e. The molecule has 4 nitrogen and oxygen atoms in total. The quantitative estimate of drug-likeness (QED) is 0.914. The molecule has 0 bridgehead atoms. The van der Waals surface area contributed by atoms with Crippen LogP contribution in [0.1, 0.15) is 15.2 Å². The van der Waals surface area contributed by atoms with E-state index in [2.05, 4.69) is 10.6 Å². The SMILES string of the molecule is O=C(NCC1CNC1)c1cc2c(s1)-c1ccccc1OC2. The van der Waals surface area contributed by atoms with Crippen LogP contribution >= 0.6 is 11.3 Å². The molecule has 4 rings (SSSR count). The number of fused-ring (bicyclic) bond motifs is 3. The highest BCUT2D eigenvalue weighted by atomic mass is 32.1. The summed E-state index contributed by atoms with van der Waals surface area (Å²) in [6, 6.07) is 9.95. The minimum absolute atomic E-state index is 0.0266. The van der Waals surface area contributed by atoms with Crippen molar-refractivity contribution in [3.63, 3.8) is 0 Å². The average Bonchev–Trinajstić information content (AvgIpc) is 2.90.